The quantitative estimate of drug-likeness (QED) is 0.660. The average Bonchev–Trinajstić information content (AvgIpc) is 2.05. The van der Waals surface area contributed by atoms with Crippen molar-refractivity contribution < 1.29 is 4.74 Å². The molecule has 0 amide bonds. The molecule has 0 spiro atoms. The second kappa shape index (κ2) is 4.07. The molecule has 0 aromatic heterocycles. The van der Waals surface area contributed by atoms with Crippen LogP contribution in [0.1, 0.15) is 32.6 Å². The third kappa shape index (κ3) is 2.46. The van der Waals surface area contributed by atoms with Gasteiger partial charge in [0, 0.05) is 13.2 Å². The van der Waals surface area contributed by atoms with Gasteiger partial charge in [-0.25, -0.2) is 0 Å². The minimum Gasteiger partial charge on any atom is -0.381 e. The highest BCUT2D eigenvalue weighted by Gasteiger charge is 2.22. The first-order valence-corrected chi connectivity index (χ1v) is 4.52. The number of hydrogen-bond acceptors (Lipinski definition) is 2. The highest BCUT2D eigenvalue weighted by atomic mass is 16.5. The van der Waals surface area contributed by atoms with E-state index in [0.717, 1.165) is 5.92 Å². The third-order valence-corrected chi connectivity index (χ3v) is 2.80. The van der Waals surface area contributed by atoms with Gasteiger partial charge in [-0.15, -0.1) is 0 Å². The van der Waals surface area contributed by atoms with E-state index < -0.39 is 0 Å². The number of nitrogens with two attached hydrogens (primary N) is 1. The molecule has 0 radical (unpaired) electrons. The molecule has 1 rings (SSSR count). The van der Waals surface area contributed by atoms with Gasteiger partial charge in [-0.1, -0.05) is 0 Å². The van der Waals surface area contributed by atoms with Crippen molar-refractivity contribution in [1.29, 1.82) is 0 Å². The van der Waals surface area contributed by atoms with Crippen molar-refractivity contribution in [2.24, 2.45) is 11.7 Å². The van der Waals surface area contributed by atoms with Crippen molar-refractivity contribution in [2.45, 2.75) is 44.8 Å². The van der Waals surface area contributed by atoms with E-state index in [1.54, 1.807) is 7.11 Å². The Bertz CT molecular complexity index is 106. The summed E-state index contributed by atoms with van der Waals surface area (Å²) in [4.78, 5) is 0. The summed E-state index contributed by atoms with van der Waals surface area (Å²) < 4.78 is 5.28. The molecule has 1 saturated carbocycles. The van der Waals surface area contributed by atoms with Crippen LogP contribution in [0, 0.1) is 5.92 Å². The van der Waals surface area contributed by atoms with Gasteiger partial charge < -0.3 is 10.5 Å². The van der Waals surface area contributed by atoms with Crippen LogP contribution in [-0.4, -0.2) is 19.3 Å². The maximum atomic E-state index is 5.81. The molecule has 1 fully saturated rings. The van der Waals surface area contributed by atoms with Crippen LogP contribution >= 0.6 is 0 Å². The largest absolute Gasteiger partial charge is 0.381 e. The fourth-order valence-electron chi connectivity index (χ4n) is 1.85. The molecule has 66 valence electrons. The molecule has 0 aromatic rings. The standard InChI is InChI=1S/C9H19NO/c1-7(10)8-3-5-9(11-2)6-4-8/h7-9H,3-6,10H2,1-2H3/t7-,8?,9?/m1/s1. The lowest BCUT2D eigenvalue weighted by molar-refractivity contribution is 0.0538. The smallest absolute Gasteiger partial charge is 0.0571 e. The van der Waals surface area contributed by atoms with E-state index in [0.29, 0.717) is 12.1 Å². The Morgan fingerprint density at radius 3 is 2.18 bits per heavy atom. The molecular weight excluding hydrogens is 138 g/mol. The molecule has 0 bridgehead atoms. The zero-order chi connectivity index (χ0) is 8.27. The van der Waals surface area contributed by atoms with Gasteiger partial charge in [0.2, 0.25) is 0 Å². The van der Waals surface area contributed by atoms with E-state index in [1.807, 2.05) is 0 Å². The molecule has 2 heteroatoms. The second-order valence-corrected chi connectivity index (χ2v) is 3.63. The lowest BCUT2D eigenvalue weighted by Crippen LogP contribution is -2.32. The van der Waals surface area contributed by atoms with Crippen LogP contribution < -0.4 is 5.73 Å². The first-order chi connectivity index (χ1) is 5.24. The van der Waals surface area contributed by atoms with E-state index in [1.165, 1.54) is 25.7 Å². The van der Waals surface area contributed by atoms with Gasteiger partial charge in [0.1, 0.15) is 0 Å². The Labute approximate surface area is 69.1 Å². The monoisotopic (exact) mass is 157 g/mol. The van der Waals surface area contributed by atoms with Crippen LogP contribution in [0.2, 0.25) is 0 Å². The molecule has 0 aliphatic heterocycles. The molecule has 0 saturated heterocycles. The molecular formula is C9H19NO. The number of hydrogen-bond donors (Lipinski definition) is 1. The topological polar surface area (TPSA) is 35.2 Å². The van der Waals surface area contributed by atoms with Gasteiger partial charge in [-0.3, -0.25) is 0 Å². The van der Waals surface area contributed by atoms with E-state index in [9.17, 15) is 0 Å². The van der Waals surface area contributed by atoms with Crippen molar-refractivity contribution >= 4 is 0 Å². The number of ether oxygens (including phenoxy) is 1. The normalized spacial score (nSPS) is 35.2. The fraction of sp³-hybridized carbons (Fsp3) is 1.00. The van der Waals surface area contributed by atoms with Crippen LogP contribution in [-0.2, 0) is 4.74 Å². The van der Waals surface area contributed by atoms with Crippen molar-refractivity contribution in [3.05, 3.63) is 0 Å². The van der Waals surface area contributed by atoms with Gasteiger partial charge in [0.15, 0.2) is 0 Å². The van der Waals surface area contributed by atoms with Crippen LogP contribution in [0.4, 0.5) is 0 Å². The first kappa shape index (κ1) is 9.01. The summed E-state index contributed by atoms with van der Waals surface area (Å²) in [6.07, 6.45) is 5.39. The van der Waals surface area contributed by atoms with Crippen LogP contribution in [0.15, 0.2) is 0 Å². The molecule has 0 unspecified atom stereocenters. The summed E-state index contributed by atoms with van der Waals surface area (Å²) in [6.45, 7) is 2.11. The Kier molecular flexibility index (Phi) is 3.34. The molecule has 2 nitrogen and oxygen atoms in total. The highest BCUT2D eigenvalue weighted by Crippen LogP contribution is 2.27. The fourth-order valence-corrected chi connectivity index (χ4v) is 1.85. The predicted octanol–water partition coefficient (Wildman–Crippen LogP) is 1.54. The van der Waals surface area contributed by atoms with Crippen molar-refractivity contribution in [3.8, 4) is 0 Å². The first-order valence-electron chi connectivity index (χ1n) is 4.52. The van der Waals surface area contributed by atoms with Gasteiger partial charge >= 0.3 is 0 Å². The zero-order valence-corrected chi connectivity index (χ0v) is 7.55. The minimum absolute atomic E-state index is 0.368. The van der Waals surface area contributed by atoms with Gasteiger partial charge in [0.05, 0.1) is 6.10 Å². The predicted molar refractivity (Wildman–Crippen MR) is 46.4 cm³/mol. The van der Waals surface area contributed by atoms with E-state index in [-0.39, 0.29) is 0 Å². The van der Waals surface area contributed by atoms with Crippen LogP contribution in [0.25, 0.3) is 0 Å². The summed E-state index contributed by atoms with van der Waals surface area (Å²) in [5.74, 6) is 0.737. The average molecular weight is 157 g/mol. The SMILES string of the molecule is COC1CCC([C@@H](C)N)CC1. The lowest BCUT2D eigenvalue weighted by Gasteiger charge is -2.29. The zero-order valence-electron chi connectivity index (χ0n) is 7.55. The number of methoxy groups -OCH3 is 1. The second-order valence-electron chi connectivity index (χ2n) is 3.63. The van der Waals surface area contributed by atoms with Crippen molar-refractivity contribution in [3.63, 3.8) is 0 Å². The lowest BCUT2D eigenvalue weighted by atomic mass is 9.83. The summed E-state index contributed by atoms with van der Waals surface area (Å²) in [5.41, 5.74) is 5.81. The molecule has 11 heavy (non-hydrogen) atoms. The Morgan fingerprint density at radius 2 is 1.82 bits per heavy atom. The van der Waals surface area contributed by atoms with Crippen molar-refractivity contribution in [1.82, 2.24) is 0 Å². The molecule has 1 aliphatic rings. The minimum atomic E-state index is 0.368. The summed E-state index contributed by atoms with van der Waals surface area (Å²) in [5, 5.41) is 0. The number of rotatable bonds is 2. The summed E-state index contributed by atoms with van der Waals surface area (Å²) in [6, 6.07) is 0.368. The van der Waals surface area contributed by atoms with Gasteiger partial charge in [-0.05, 0) is 38.5 Å². The van der Waals surface area contributed by atoms with E-state index >= 15 is 0 Å². The van der Waals surface area contributed by atoms with Crippen LogP contribution in [0.3, 0.4) is 0 Å². The Morgan fingerprint density at radius 1 is 1.27 bits per heavy atom. The van der Waals surface area contributed by atoms with Gasteiger partial charge in [-0.2, -0.15) is 0 Å². The molecule has 1 aliphatic carbocycles. The van der Waals surface area contributed by atoms with Crippen molar-refractivity contribution in [2.75, 3.05) is 7.11 Å². The Hall–Kier alpha value is -0.0800. The maximum absolute atomic E-state index is 5.81. The Balaban J connectivity index is 2.24. The molecule has 1 atom stereocenters. The molecule has 0 heterocycles. The van der Waals surface area contributed by atoms with Crippen LogP contribution in [0.5, 0.6) is 0 Å². The third-order valence-electron chi connectivity index (χ3n) is 2.80. The van der Waals surface area contributed by atoms with E-state index in [4.69, 9.17) is 10.5 Å². The van der Waals surface area contributed by atoms with E-state index in [2.05, 4.69) is 6.92 Å². The van der Waals surface area contributed by atoms with Gasteiger partial charge in [0.25, 0.3) is 0 Å². The maximum Gasteiger partial charge on any atom is 0.0571 e. The molecule has 2 N–H and O–H groups in total. The highest BCUT2D eigenvalue weighted by molar-refractivity contribution is 4.77. The summed E-state index contributed by atoms with van der Waals surface area (Å²) >= 11 is 0. The summed E-state index contributed by atoms with van der Waals surface area (Å²) in [7, 11) is 1.80. The molecule has 0 aromatic carbocycles.